The molecule has 28 heavy (non-hydrogen) atoms. The number of carbonyl (C=O) groups excluding carboxylic acids is 2. The smallest absolute Gasteiger partial charge is 0.311 e. The van der Waals surface area contributed by atoms with E-state index in [1.165, 1.54) is 0 Å². The van der Waals surface area contributed by atoms with Crippen molar-refractivity contribution in [1.29, 1.82) is 0 Å². The highest BCUT2D eigenvalue weighted by molar-refractivity contribution is 6.34. The van der Waals surface area contributed by atoms with Gasteiger partial charge in [0.1, 0.15) is 0 Å². The van der Waals surface area contributed by atoms with Gasteiger partial charge in [-0.05, 0) is 56.2 Å². The summed E-state index contributed by atoms with van der Waals surface area (Å²) in [5, 5.41) is 6.95. The molecule has 2 aliphatic rings. The van der Waals surface area contributed by atoms with Gasteiger partial charge in [-0.1, -0.05) is 0 Å². The number of likely N-dealkylation sites (tertiary alicyclic amines) is 1. The second-order valence-electron chi connectivity index (χ2n) is 7.68. The van der Waals surface area contributed by atoms with Crippen molar-refractivity contribution in [2.24, 2.45) is 0 Å². The van der Waals surface area contributed by atoms with Crippen LogP contribution in [0.25, 0.3) is 0 Å². The first-order chi connectivity index (χ1) is 13.5. The third-order valence-corrected chi connectivity index (χ3v) is 5.66. The number of amides is 2. The number of H-pyrrole nitrogens is 1. The van der Waals surface area contributed by atoms with Crippen LogP contribution in [0.2, 0.25) is 0 Å². The summed E-state index contributed by atoms with van der Waals surface area (Å²) in [6.07, 6.45) is 8.23. The van der Waals surface area contributed by atoms with Gasteiger partial charge in [0.15, 0.2) is 0 Å². The number of hydrogen-bond acceptors (Lipinski definition) is 4. The van der Waals surface area contributed by atoms with Crippen molar-refractivity contribution < 1.29 is 9.59 Å². The molecule has 1 aliphatic heterocycles. The Kier molecular flexibility index (Phi) is 5.02. The summed E-state index contributed by atoms with van der Waals surface area (Å²) >= 11 is 0. The predicted molar refractivity (Wildman–Crippen MR) is 103 cm³/mol. The monoisotopic (exact) mass is 383 g/mol. The molecule has 1 aliphatic carbocycles. The highest BCUT2D eigenvalue weighted by atomic mass is 16.2. The fourth-order valence-corrected chi connectivity index (χ4v) is 4.05. The number of carbonyl (C=O) groups is 2. The standard InChI is InChI=1S/C20H25N5O3/c1-13-10-22-25(12-13)16-5-7-24(8-6-16)20(28)19(27)21-11-15-9-14-3-2-4-17(14)23-18(15)26/h9-10,12,16H,2-8,11H2,1H3,(H,21,27)(H,23,26). The van der Waals surface area contributed by atoms with E-state index in [9.17, 15) is 14.4 Å². The van der Waals surface area contributed by atoms with Crippen LogP contribution in [0.4, 0.5) is 0 Å². The van der Waals surface area contributed by atoms with E-state index < -0.39 is 11.8 Å². The third-order valence-electron chi connectivity index (χ3n) is 5.66. The summed E-state index contributed by atoms with van der Waals surface area (Å²) in [5.41, 5.74) is 3.54. The van der Waals surface area contributed by atoms with E-state index in [2.05, 4.69) is 15.4 Å². The van der Waals surface area contributed by atoms with Gasteiger partial charge in [0, 0.05) is 37.1 Å². The second kappa shape index (κ2) is 7.61. The van der Waals surface area contributed by atoms with Crippen LogP contribution in [0.1, 0.15) is 47.7 Å². The molecule has 0 aromatic carbocycles. The maximum absolute atomic E-state index is 12.4. The number of nitrogens with one attached hydrogen (secondary N) is 2. The van der Waals surface area contributed by atoms with E-state index in [-0.39, 0.29) is 18.1 Å². The Morgan fingerprint density at radius 3 is 2.79 bits per heavy atom. The first-order valence-corrected chi connectivity index (χ1v) is 9.83. The van der Waals surface area contributed by atoms with Crippen LogP contribution in [0.3, 0.4) is 0 Å². The van der Waals surface area contributed by atoms with E-state index in [4.69, 9.17) is 0 Å². The number of aromatic amines is 1. The van der Waals surface area contributed by atoms with E-state index in [0.29, 0.717) is 18.7 Å². The Morgan fingerprint density at radius 2 is 2.07 bits per heavy atom. The van der Waals surface area contributed by atoms with Crippen LogP contribution in [0.15, 0.2) is 23.3 Å². The molecule has 0 bridgehead atoms. The summed E-state index contributed by atoms with van der Waals surface area (Å²) in [5.74, 6) is -1.19. The van der Waals surface area contributed by atoms with E-state index in [1.54, 1.807) is 4.90 Å². The highest BCUT2D eigenvalue weighted by Crippen LogP contribution is 2.22. The van der Waals surface area contributed by atoms with Crippen molar-refractivity contribution in [3.8, 4) is 0 Å². The minimum atomic E-state index is -0.659. The second-order valence-corrected chi connectivity index (χ2v) is 7.68. The molecule has 2 amide bonds. The molecule has 148 valence electrons. The molecule has 8 heteroatoms. The molecule has 4 rings (SSSR count). The van der Waals surface area contributed by atoms with Gasteiger partial charge in [0.2, 0.25) is 0 Å². The molecule has 2 aromatic heterocycles. The van der Waals surface area contributed by atoms with Gasteiger partial charge < -0.3 is 15.2 Å². The number of pyridine rings is 1. The molecule has 1 fully saturated rings. The van der Waals surface area contributed by atoms with Gasteiger partial charge in [-0.2, -0.15) is 5.10 Å². The Hall–Kier alpha value is -2.90. The predicted octanol–water partition coefficient (Wildman–Crippen LogP) is 0.848. The zero-order valence-corrected chi connectivity index (χ0v) is 16.0. The molecular formula is C20H25N5O3. The largest absolute Gasteiger partial charge is 0.344 e. The van der Waals surface area contributed by atoms with Crippen LogP contribution in [0, 0.1) is 6.92 Å². The average Bonchev–Trinajstić information content (AvgIpc) is 3.33. The third kappa shape index (κ3) is 3.72. The van der Waals surface area contributed by atoms with Crippen molar-refractivity contribution in [2.45, 2.75) is 51.6 Å². The Bertz CT molecular complexity index is 953. The summed E-state index contributed by atoms with van der Waals surface area (Å²) in [7, 11) is 0. The van der Waals surface area contributed by atoms with Gasteiger partial charge in [-0.15, -0.1) is 0 Å². The highest BCUT2D eigenvalue weighted by Gasteiger charge is 2.28. The topological polar surface area (TPSA) is 100 Å². The Balaban J connectivity index is 1.31. The van der Waals surface area contributed by atoms with Gasteiger partial charge in [0.25, 0.3) is 5.56 Å². The van der Waals surface area contributed by atoms with Gasteiger partial charge >= 0.3 is 11.8 Å². The molecule has 0 unspecified atom stereocenters. The van der Waals surface area contributed by atoms with E-state index >= 15 is 0 Å². The fourth-order valence-electron chi connectivity index (χ4n) is 4.05. The first kappa shape index (κ1) is 18.5. The lowest BCUT2D eigenvalue weighted by Crippen LogP contribution is -2.46. The molecule has 0 spiro atoms. The molecular weight excluding hydrogens is 358 g/mol. The lowest BCUT2D eigenvalue weighted by molar-refractivity contribution is -0.146. The number of rotatable bonds is 3. The van der Waals surface area contributed by atoms with Crippen LogP contribution >= 0.6 is 0 Å². The van der Waals surface area contributed by atoms with Crippen LogP contribution in [-0.2, 0) is 29.0 Å². The van der Waals surface area contributed by atoms with Crippen LogP contribution < -0.4 is 10.9 Å². The summed E-state index contributed by atoms with van der Waals surface area (Å²) in [4.78, 5) is 41.3. The molecule has 0 atom stereocenters. The van der Waals surface area contributed by atoms with E-state index in [1.807, 2.05) is 30.1 Å². The zero-order valence-electron chi connectivity index (χ0n) is 16.0. The summed E-state index contributed by atoms with van der Waals surface area (Å²) in [6.45, 7) is 3.11. The van der Waals surface area contributed by atoms with Crippen molar-refractivity contribution in [2.75, 3.05) is 13.1 Å². The van der Waals surface area contributed by atoms with Gasteiger partial charge in [0.05, 0.1) is 12.2 Å². The molecule has 2 aromatic rings. The zero-order chi connectivity index (χ0) is 19.7. The minimum Gasteiger partial charge on any atom is -0.344 e. The van der Waals surface area contributed by atoms with Crippen molar-refractivity contribution in [3.63, 3.8) is 0 Å². The number of hydrogen-bond donors (Lipinski definition) is 2. The normalized spacial score (nSPS) is 16.8. The number of aromatic nitrogens is 3. The van der Waals surface area contributed by atoms with E-state index in [0.717, 1.165) is 48.9 Å². The maximum atomic E-state index is 12.4. The lowest BCUT2D eigenvalue weighted by Gasteiger charge is -2.31. The average molecular weight is 383 g/mol. The SMILES string of the molecule is Cc1cnn(C2CCN(C(=O)C(=O)NCc3cc4c([nH]c3=O)CCC4)CC2)c1. The fraction of sp³-hybridized carbons (Fsp3) is 0.500. The number of fused-ring (bicyclic) bond motifs is 1. The van der Waals surface area contributed by atoms with Crippen molar-refractivity contribution in [1.82, 2.24) is 25.0 Å². The molecule has 3 heterocycles. The molecule has 1 saturated heterocycles. The number of nitrogens with zero attached hydrogens (tertiary/aromatic N) is 3. The summed E-state index contributed by atoms with van der Waals surface area (Å²) < 4.78 is 1.94. The van der Waals surface area contributed by atoms with Crippen LogP contribution in [-0.4, -0.2) is 44.6 Å². The quantitative estimate of drug-likeness (QED) is 0.768. The van der Waals surface area contributed by atoms with Gasteiger partial charge in [-0.3, -0.25) is 19.1 Å². The lowest BCUT2D eigenvalue weighted by atomic mass is 10.1. The maximum Gasteiger partial charge on any atom is 0.311 e. The number of piperidine rings is 1. The van der Waals surface area contributed by atoms with Gasteiger partial charge in [-0.25, -0.2) is 0 Å². The molecule has 0 saturated carbocycles. The first-order valence-electron chi connectivity index (χ1n) is 9.83. The molecule has 8 nitrogen and oxygen atoms in total. The van der Waals surface area contributed by atoms with Crippen molar-refractivity contribution in [3.05, 3.63) is 51.2 Å². The Morgan fingerprint density at radius 1 is 1.29 bits per heavy atom. The van der Waals surface area contributed by atoms with Crippen LogP contribution in [0.5, 0.6) is 0 Å². The molecule has 0 radical (unpaired) electrons. The molecule has 2 N–H and O–H groups in total. The van der Waals surface area contributed by atoms with Crippen molar-refractivity contribution >= 4 is 11.8 Å². The number of aryl methyl sites for hydroxylation is 3. The minimum absolute atomic E-state index is 0.0657. The summed E-state index contributed by atoms with van der Waals surface area (Å²) in [6, 6.07) is 2.11. The Labute approximate surface area is 162 Å².